The van der Waals surface area contributed by atoms with Gasteiger partial charge in [-0.3, -0.25) is 0 Å². The van der Waals surface area contributed by atoms with E-state index in [1.54, 1.807) is 0 Å². The molecule has 2 aliphatic heterocycles. The summed E-state index contributed by atoms with van der Waals surface area (Å²) >= 11 is 0. The summed E-state index contributed by atoms with van der Waals surface area (Å²) < 4.78 is 11.9. The number of rotatable bonds is 1. The maximum absolute atomic E-state index is 9.79. The number of nitrogens with zero attached hydrogens (tertiary/aromatic N) is 2. The lowest BCUT2D eigenvalue weighted by Gasteiger charge is -2.51. The van der Waals surface area contributed by atoms with Crippen molar-refractivity contribution < 1.29 is 9.47 Å². The average Bonchev–Trinajstić information content (AvgIpc) is 2.85. The van der Waals surface area contributed by atoms with Gasteiger partial charge in [0.05, 0.1) is 12.7 Å². The van der Waals surface area contributed by atoms with Gasteiger partial charge in [-0.1, -0.05) is 30.4 Å². The fraction of sp³-hybridized carbons (Fsp3) is 0.412. The summed E-state index contributed by atoms with van der Waals surface area (Å²) in [6.07, 6.45) is 3.63. The predicted octanol–water partition coefficient (Wildman–Crippen LogP) is 2.82. The number of aliphatic imine (C=N–C) groups is 1. The Hall–Kier alpha value is -2.28. The van der Waals surface area contributed by atoms with Gasteiger partial charge in [0.1, 0.15) is 28.7 Å². The first-order chi connectivity index (χ1) is 10.1. The number of nitriles is 1. The maximum atomic E-state index is 9.79. The zero-order valence-electron chi connectivity index (χ0n) is 12.0. The molecule has 4 nitrogen and oxygen atoms in total. The summed E-state index contributed by atoms with van der Waals surface area (Å²) in [6.45, 7) is 4.48. The Morgan fingerprint density at radius 1 is 1.38 bits per heavy atom. The molecular weight excluding hydrogens is 264 g/mol. The molecule has 4 rings (SSSR count). The fourth-order valence-corrected chi connectivity index (χ4v) is 3.63. The van der Waals surface area contributed by atoms with Gasteiger partial charge in [-0.05, 0) is 19.9 Å². The summed E-state index contributed by atoms with van der Waals surface area (Å²) in [7, 11) is 0. The molecule has 0 saturated heterocycles. The van der Waals surface area contributed by atoms with Crippen LogP contribution in [-0.4, -0.2) is 24.1 Å². The van der Waals surface area contributed by atoms with Crippen LogP contribution in [0.15, 0.2) is 41.4 Å². The van der Waals surface area contributed by atoms with Crippen LogP contribution in [0.2, 0.25) is 0 Å². The molecule has 0 aromatic heterocycles. The number of hydrogen-bond acceptors (Lipinski definition) is 4. The van der Waals surface area contributed by atoms with E-state index in [-0.39, 0.29) is 12.0 Å². The van der Waals surface area contributed by atoms with Crippen molar-refractivity contribution in [2.75, 3.05) is 6.61 Å². The van der Waals surface area contributed by atoms with Crippen LogP contribution in [0, 0.1) is 16.7 Å². The number of para-hydroxylation sites is 1. The molecule has 0 unspecified atom stereocenters. The van der Waals surface area contributed by atoms with Crippen LogP contribution in [0.3, 0.4) is 0 Å². The number of fused-ring (bicyclic) bond motifs is 5. The second kappa shape index (κ2) is 3.88. The standard InChI is InChI=1S/C17H16N2O2/c1-3-20-15-13-11-6-4-5-7-12(11)21-14(13)17(10-18)9-8-16(17,2)19-15/h4-9,13-14H,3H2,1-2H3/t13-,14+,16-,17+/m1/s1. The lowest BCUT2D eigenvalue weighted by Crippen LogP contribution is -2.61. The van der Waals surface area contributed by atoms with Gasteiger partial charge in [0, 0.05) is 5.56 Å². The van der Waals surface area contributed by atoms with Gasteiger partial charge in [0.25, 0.3) is 0 Å². The highest BCUT2D eigenvalue weighted by Crippen LogP contribution is 2.59. The first-order valence-corrected chi connectivity index (χ1v) is 7.25. The van der Waals surface area contributed by atoms with Gasteiger partial charge < -0.3 is 9.47 Å². The molecule has 106 valence electrons. The molecule has 0 bridgehead atoms. The van der Waals surface area contributed by atoms with Crippen molar-refractivity contribution in [3.05, 3.63) is 42.0 Å². The van der Waals surface area contributed by atoms with Crippen molar-refractivity contribution in [1.29, 1.82) is 5.26 Å². The highest BCUT2D eigenvalue weighted by molar-refractivity contribution is 5.89. The lowest BCUT2D eigenvalue weighted by molar-refractivity contribution is 0.0593. The summed E-state index contributed by atoms with van der Waals surface area (Å²) in [5.74, 6) is 1.42. The van der Waals surface area contributed by atoms with Crippen molar-refractivity contribution in [2.24, 2.45) is 10.4 Å². The zero-order chi connectivity index (χ0) is 14.7. The van der Waals surface area contributed by atoms with E-state index in [2.05, 4.69) is 6.07 Å². The smallest absolute Gasteiger partial charge is 0.195 e. The summed E-state index contributed by atoms with van der Waals surface area (Å²) in [5, 5.41) is 9.79. The van der Waals surface area contributed by atoms with Crippen molar-refractivity contribution in [3.63, 3.8) is 0 Å². The van der Waals surface area contributed by atoms with Gasteiger partial charge in [-0.15, -0.1) is 0 Å². The van der Waals surface area contributed by atoms with Crippen molar-refractivity contribution in [2.45, 2.75) is 31.4 Å². The molecule has 1 aromatic rings. The number of ether oxygens (including phenoxy) is 2. The summed E-state index contributed by atoms with van der Waals surface area (Å²) in [6, 6.07) is 10.4. The molecule has 1 aliphatic carbocycles. The van der Waals surface area contributed by atoms with Gasteiger partial charge in [0.2, 0.25) is 0 Å². The Balaban J connectivity index is 1.92. The van der Waals surface area contributed by atoms with E-state index in [0.717, 1.165) is 11.3 Å². The number of hydrogen-bond donors (Lipinski definition) is 0. The minimum atomic E-state index is -0.711. The SMILES string of the molecule is CCOC1=N[C@]2(C)C=C[C@]2(C#N)[C@H]2Oc3ccccc3[C@@H]12. The molecular formula is C17H16N2O2. The van der Waals surface area contributed by atoms with E-state index in [4.69, 9.17) is 14.5 Å². The highest BCUT2D eigenvalue weighted by atomic mass is 16.5. The van der Waals surface area contributed by atoms with Crippen LogP contribution < -0.4 is 4.74 Å². The van der Waals surface area contributed by atoms with Gasteiger partial charge in [-0.25, -0.2) is 4.99 Å². The largest absolute Gasteiger partial charge is 0.487 e. The van der Waals surface area contributed by atoms with Crippen LogP contribution >= 0.6 is 0 Å². The second-order valence-electron chi connectivity index (χ2n) is 5.90. The van der Waals surface area contributed by atoms with Gasteiger partial charge >= 0.3 is 0 Å². The summed E-state index contributed by atoms with van der Waals surface area (Å²) in [5.41, 5.74) is -0.209. The van der Waals surface area contributed by atoms with Crippen LogP contribution in [0.25, 0.3) is 0 Å². The molecule has 4 atom stereocenters. The third-order valence-corrected chi connectivity index (χ3v) is 4.85. The first-order valence-electron chi connectivity index (χ1n) is 7.25. The predicted molar refractivity (Wildman–Crippen MR) is 78.3 cm³/mol. The fourth-order valence-electron chi connectivity index (χ4n) is 3.63. The molecule has 0 saturated carbocycles. The highest BCUT2D eigenvalue weighted by Gasteiger charge is 2.66. The second-order valence-corrected chi connectivity index (χ2v) is 5.90. The molecule has 0 radical (unpaired) electrons. The molecule has 0 amide bonds. The normalized spacial score (nSPS) is 38.0. The Morgan fingerprint density at radius 3 is 2.86 bits per heavy atom. The third-order valence-electron chi connectivity index (χ3n) is 4.85. The topological polar surface area (TPSA) is 54.6 Å². The minimum absolute atomic E-state index is 0.0983. The average molecular weight is 280 g/mol. The molecule has 2 heterocycles. The maximum Gasteiger partial charge on any atom is 0.195 e. The van der Waals surface area contributed by atoms with Crippen LogP contribution in [-0.2, 0) is 4.74 Å². The van der Waals surface area contributed by atoms with E-state index in [9.17, 15) is 5.26 Å². The monoisotopic (exact) mass is 280 g/mol. The van der Waals surface area contributed by atoms with Crippen LogP contribution in [0.4, 0.5) is 0 Å². The Morgan fingerprint density at radius 2 is 2.19 bits per heavy atom. The molecule has 1 aromatic carbocycles. The third kappa shape index (κ3) is 1.31. The van der Waals surface area contributed by atoms with E-state index in [1.165, 1.54) is 0 Å². The van der Waals surface area contributed by atoms with E-state index in [1.807, 2.05) is 50.3 Å². The van der Waals surface area contributed by atoms with Crippen molar-refractivity contribution in [3.8, 4) is 11.8 Å². The Bertz CT molecular complexity index is 718. The molecule has 21 heavy (non-hydrogen) atoms. The zero-order valence-corrected chi connectivity index (χ0v) is 12.0. The number of benzene rings is 1. The van der Waals surface area contributed by atoms with E-state index >= 15 is 0 Å². The minimum Gasteiger partial charge on any atom is -0.487 e. The van der Waals surface area contributed by atoms with Gasteiger partial charge in [0.15, 0.2) is 5.90 Å². The molecule has 4 heteroatoms. The van der Waals surface area contributed by atoms with Crippen molar-refractivity contribution in [1.82, 2.24) is 0 Å². The summed E-state index contributed by atoms with van der Waals surface area (Å²) in [4.78, 5) is 4.76. The Labute approximate surface area is 123 Å². The van der Waals surface area contributed by atoms with Gasteiger partial charge in [-0.2, -0.15) is 5.26 Å². The molecule has 0 fully saturated rings. The quantitative estimate of drug-likeness (QED) is 0.743. The van der Waals surface area contributed by atoms with E-state index in [0.29, 0.717) is 12.5 Å². The first kappa shape index (κ1) is 12.5. The molecule has 3 aliphatic rings. The molecule has 0 N–H and O–H groups in total. The van der Waals surface area contributed by atoms with Crippen LogP contribution in [0.5, 0.6) is 5.75 Å². The van der Waals surface area contributed by atoms with Crippen molar-refractivity contribution >= 4 is 5.90 Å². The van der Waals surface area contributed by atoms with E-state index < -0.39 is 11.0 Å². The lowest BCUT2D eigenvalue weighted by atomic mass is 9.56. The molecule has 0 spiro atoms. The van der Waals surface area contributed by atoms with Crippen LogP contribution in [0.1, 0.15) is 25.3 Å². The Kier molecular flexibility index (Phi) is 2.30.